The number of nitrogens with zero attached hydrogens (tertiary/aromatic N) is 2. The monoisotopic (exact) mass is 343 g/mol. The van der Waals surface area contributed by atoms with Crippen molar-refractivity contribution in [1.82, 2.24) is 15.1 Å². The Hall–Kier alpha value is -2.01. The molecule has 0 radical (unpaired) electrons. The molecular weight excluding hydrogens is 314 g/mol. The van der Waals surface area contributed by atoms with Crippen LogP contribution >= 0.6 is 0 Å². The van der Waals surface area contributed by atoms with Gasteiger partial charge >= 0.3 is 6.03 Å². The average molecular weight is 343 g/mol. The molecule has 1 heterocycles. The maximum atomic E-state index is 12.8. The fraction of sp³-hybridized carbons (Fsp3) is 0.550. The summed E-state index contributed by atoms with van der Waals surface area (Å²) in [5.41, 5.74) is 1.06. The van der Waals surface area contributed by atoms with E-state index in [1.807, 2.05) is 35.2 Å². The summed E-state index contributed by atoms with van der Waals surface area (Å²) in [6, 6.07) is 8.65. The maximum absolute atomic E-state index is 12.8. The fourth-order valence-electron chi connectivity index (χ4n) is 3.47. The minimum Gasteiger partial charge on any atom is -0.496 e. The second kappa shape index (κ2) is 8.39. The molecule has 3 rings (SSSR count). The molecule has 1 aromatic rings. The summed E-state index contributed by atoms with van der Waals surface area (Å²) in [6.07, 6.45) is 6.15. The second-order valence-corrected chi connectivity index (χ2v) is 6.98. The van der Waals surface area contributed by atoms with E-state index in [1.54, 1.807) is 7.11 Å². The Labute approximate surface area is 150 Å². The van der Waals surface area contributed by atoms with Crippen LogP contribution in [0.1, 0.15) is 31.2 Å². The van der Waals surface area contributed by atoms with E-state index in [0.717, 1.165) is 56.6 Å². The number of hydrogen-bond acceptors (Lipinski definition) is 3. The van der Waals surface area contributed by atoms with Gasteiger partial charge in [-0.3, -0.25) is 4.90 Å². The first-order valence-corrected chi connectivity index (χ1v) is 9.23. The summed E-state index contributed by atoms with van der Waals surface area (Å²) in [5.74, 6) is 0.846. The minimum absolute atomic E-state index is 0.0653. The van der Waals surface area contributed by atoms with Crippen LogP contribution in [0.15, 0.2) is 36.9 Å². The van der Waals surface area contributed by atoms with E-state index in [2.05, 4.69) is 16.8 Å². The highest BCUT2D eigenvalue weighted by atomic mass is 16.5. The number of amides is 2. The predicted octanol–water partition coefficient (Wildman–Crippen LogP) is 3.02. The lowest BCUT2D eigenvalue weighted by atomic mass is 10.1. The van der Waals surface area contributed by atoms with Crippen LogP contribution < -0.4 is 10.1 Å². The number of methoxy groups -OCH3 is 1. The van der Waals surface area contributed by atoms with Crippen LogP contribution in [0.3, 0.4) is 0 Å². The molecule has 0 aromatic heterocycles. The molecule has 25 heavy (non-hydrogen) atoms. The topological polar surface area (TPSA) is 44.8 Å². The number of piperidine rings is 1. The van der Waals surface area contributed by atoms with Gasteiger partial charge in [-0.1, -0.05) is 24.3 Å². The summed E-state index contributed by atoms with van der Waals surface area (Å²) in [7, 11) is 1.68. The van der Waals surface area contributed by atoms with Crippen molar-refractivity contribution in [3.63, 3.8) is 0 Å². The van der Waals surface area contributed by atoms with Crippen LogP contribution in [0.2, 0.25) is 0 Å². The standard InChI is InChI=1S/C20H29N3O2/c1-3-12-22-13-10-17(11-14-22)21-20(24)23(18-8-9-18)15-16-6-4-5-7-19(16)25-2/h3-7,17-18H,1,8-15H2,2H3,(H,21,24). The van der Waals surface area contributed by atoms with Crippen LogP contribution in [0.25, 0.3) is 0 Å². The summed E-state index contributed by atoms with van der Waals surface area (Å²) in [6.45, 7) is 7.38. The molecule has 1 saturated carbocycles. The number of nitrogens with one attached hydrogen (secondary N) is 1. The fourth-order valence-corrected chi connectivity index (χ4v) is 3.47. The normalized spacial score (nSPS) is 18.6. The van der Waals surface area contributed by atoms with Gasteiger partial charge in [0.15, 0.2) is 0 Å². The van der Waals surface area contributed by atoms with Crippen LogP contribution in [0.4, 0.5) is 4.79 Å². The molecule has 1 saturated heterocycles. The number of likely N-dealkylation sites (tertiary alicyclic amines) is 1. The van der Waals surface area contributed by atoms with Crippen molar-refractivity contribution in [3.05, 3.63) is 42.5 Å². The van der Waals surface area contributed by atoms with E-state index < -0.39 is 0 Å². The van der Waals surface area contributed by atoms with Crippen molar-refractivity contribution in [2.24, 2.45) is 0 Å². The molecule has 1 aliphatic heterocycles. The van der Waals surface area contributed by atoms with Crippen LogP contribution in [0.5, 0.6) is 5.75 Å². The van der Waals surface area contributed by atoms with E-state index in [-0.39, 0.29) is 12.1 Å². The lowest BCUT2D eigenvalue weighted by Gasteiger charge is -2.33. The van der Waals surface area contributed by atoms with Gasteiger partial charge in [0.05, 0.1) is 13.7 Å². The maximum Gasteiger partial charge on any atom is 0.318 e. The summed E-state index contributed by atoms with van der Waals surface area (Å²) >= 11 is 0. The van der Waals surface area contributed by atoms with Gasteiger partial charge in [0.2, 0.25) is 0 Å². The number of urea groups is 1. The van der Waals surface area contributed by atoms with Gasteiger partial charge in [-0.25, -0.2) is 4.79 Å². The van der Waals surface area contributed by atoms with E-state index in [0.29, 0.717) is 12.6 Å². The Morgan fingerprint density at radius 1 is 1.32 bits per heavy atom. The molecule has 1 aliphatic carbocycles. The molecule has 0 unspecified atom stereocenters. The highest BCUT2D eigenvalue weighted by Crippen LogP contribution is 2.30. The molecule has 2 amide bonds. The zero-order valence-electron chi connectivity index (χ0n) is 15.1. The summed E-state index contributed by atoms with van der Waals surface area (Å²) in [4.78, 5) is 17.2. The van der Waals surface area contributed by atoms with Crippen molar-refractivity contribution >= 4 is 6.03 Å². The van der Waals surface area contributed by atoms with Gasteiger partial charge in [-0.05, 0) is 31.7 Å². The number of benzene rings is 1. The lowest BCUT2D eigenvalue weighted by molar-refractivity contribution is 0.172. The quantitative estimate of drug-likeness (QED) is 0.774. The third-order valence-corrected chi connectivity index (χ3v) is 5.08. The molecule has 2 aliphatic rings. The SMILES string of the molecule is C=CCN1CCC(NC(=O)N(Cc2ccccc2OC)C2CC2)CC1. The van der Waals surface area contributed by atoms with Crippen molar-refractivity contribution in [2.75, 3.05) is 26.7 Å². The van der Waals surface area contributed by atoms with Gasteiger partial charge in [0, 0.05) is 37.3 Å². The zero-order valence-corrected chi connectivity index (χ0v) is 15.1. The van der Waals surface area contributed by atoms with E-state index >= 15 is 0 Å². The van der Waals surface area contributed by atoms with Crippen molar-refractivity contribution in [1.29, 1.82) is 0 Å². The molecule has 0 bridgehead atoms. The molecule has 5 heteroatoms. The molecular formula is C20H29N3O2. The van der Waals surface area contributed by atoms with Crippen molar-refractivity contribution in [3.8, 4) is 5.75 Å². The van der Waals surface area contributed by atoms with E-state index in [9.17, 15) is 4.79 Å². The molecule has 1 aromatic carbocycles. The Bertz CT molecular complexity index is 592. The molecule has 1 N–H and O–H groups in total. The Kier molecular flexibility index (Phi) is 5.97. The van der Waals surface area contributed by atoms with Crippen LogP contribution in [-0.2, 0) is 6.54 Å². The average Bonchev–Trinajstić information content (AvgIpc) is 3.46. The number of carbonyl (C=O) groups excluding carboxylic acids is 1. The number of rotatable bonds is 7. The number of carbonyl (C=O) groups is 1. The largest absolute Gasteiger partial charge is 0.496 e. The van der Waals surface area contributed by atoms with Crippen LogP contribution in [-0.4, -0.2) is 54.7 Å². The Morgan fingerprint density at radius 3 is 2.68 bits per heavy atom. The molecule has 5 nitrogen and oxygen atoms in total. The highest BCUT2D eigenvalue weighted by Gasteiger charge is 2.34. The molecule has 0 atom stereocenters. The third kappa shape index (κ3) is 4.75. The predicted molar refractivity (Wildman–Crippen MR) is 99.7 cm³/mol. The van der Waals surface area contributed by atoms with Crippen molar-refractivity contribution in [2.45, 2.75) is 44.3 Å². The Morgan fingerprint density at radius 2 is 2.04 bits per heavy atom. The van der Waals surface area contributed by atoms with Gasteiger partial charge in [0.25, 0.3) is 0 Å². The van der Waals surface area contributed by atoms with Gasteiger partial charge < -0.3 is 15.0 Å². The van der Waals surface area contributed by atoms with Gasteiger partial charge in [-0.2, -0.15) is 0 Å². The first kappa shape index (κ1) is 17.8. The van der Waals surface area contributed by atoms with Gasteiger partial charge in [0.1, 0.15) is 5.75 Å². The number of para-hydroxylation sites is 1. The smallest absolute Gasteiger partial charge is 0.318 e. The Balaban J connectivity index is 1.58. The highest BCUT2D eigenvalue weighted by molar-refractivity contribution is 5.75. The lowest BCUT2D eigenvalue weighted by Crippen LogP contribution is -2.49. The number of hydrogen-bond donors (Lipinski definition) is 1. The third-order valence-electron chi connectivity index (χ3n) is 5.08. The van der Waals surface area contributed by atoms with Crippen LogP contribution in [0, 0.1) is 0 Å². The van der Waals surface area contributed by atoms with Crippen molar-refractivity contribution < 1.29 is 9.53 Å². The summed E-state index contributed by atoms with van der Waals surface area (Å²) in [5, 5.41) is 3.25. The van der Waals surface area contributed by atoms with E-state index in [1.165, 1.54) is 0 Å². The summed E-state index contributed by atoms with van der Waals surface area (Å²) < 4.78 is 5.44. The number of ether oxygens (including phenoxy) is 1. The second-order valence-electron chi connectivity index (χ2n) is 6.98. The zero-order chi connectivity index (χ0) is 17.6. The first-order chi connectivity index (χ1) is 12.2. The minimum atomic E-state index is 0.0653. The molecule has 136 valence electrons. The molecule has 2 fully saturated rings. The van der Waals surface area contributed by atoms with E-state index in [4.69, 9.17) is 4.74 Å². The van der Waals surface area contributed by atoms with Gasteiger partial charge in [-0.15, -0.1) is 6.58 Å². The molecule has 0 spiro atoms. The first-order valence-electron chi connectivity index (χ1n) is 9.23.